The molecule has 0 radical (unpaired) electrons. The lowest BCUT2D eigenvalue weighted by Gasteiger charge is -2.39. The number of nitrogens with one attached hydrogen (secondary N) is 3. The topological polar surface area (TPSA) is 154 Å². The maximum absolute atomic E-state index is 14.7. The Hall–Kier alpha value is -5.46. The number of nitrogens with zero attached hydrogens (tertiary/aromatic N) is 1. The average Bonchev–Trinajstić information content (AvgIpc) is 3.41. The van der Waals surface area contributed by atoms with Crippen LogP contribution in [0.4, 0.5) is 5.69 Å². The minimum Gasteiger partial charge on any atom is -0.493 e. The van der Waals surface area contributed by atoms with Gasteiger partial charge in [0.25, 0.3) is 0 Å². The van der Waals surface area contributed by atoms with Crippen LogP contribution in [0.5, 0.6) is 28.7 Å². The number of carbonyl (C=O) groups is 3. The van der Waals surface area contributed by atoms with Crippen LogP contribution >= 0.6 is 0 Å². The second-order valence-electron chi connectivity index (χ2n) is 13.4. The van der Waals surface area contributed by atoms with Crippen LogP contribution in [-0.2, 0) is 33.8 Å². The van der Waals surface area contributed by atoms with E-state index in [9.17, 15) is 19.2 Å². The molecule has 13 heteroatoms. The van der Waals surface area contributed by atoms with Gasteiger partial charge in [0.05, 0.1) is 47.3 Å². The highest BCUT2D eigenvalue weighted by atomic mass is 16.5. The van der Waals surface area contributed by atoms with E-state index in [2.05, 4.69) is 16.0 Å². The van der Waals surface area contributed by atoms with Crippen molar-refractivity contribution in [2.45, 2.75) is 71.1 Å². The van der Waals surface area contributed by atoms with E-state index in [1.807, 2.05) is 38.1 Å². The number of carbonyl (C=O) groups excluding carboxylic acids is 3. The minimum absolute atomic E-state index is 0.155. The normalized spacial score (nSPS) is 17.0. The molecule has 5 rings (SSSR count). The van der Waals surface area contributed by atoms with E-state index in [1.54, 1.807) is 46.5 Å². The molecular formula is C40H50N4O9. The molecule has 1 aliphatic heterocycles. The lowest BCUT2D eigenvalue weighted by atomic mass is 9.90. The van der Waals surface area contributed by atoms with Crippen molar-refractivity contribution in [3.63, 3.8) is 0 Å². The average molecular weight is 731 g/mol. The zero-order chi connectivity index (χ0) is 38.6. The van der Waals surface area contributed by atoms with Crippen molar-refractivity contribution in [1.29, 1.82) is 0 Å². The summed E-state index contributed by atoms with van der Waals surface area (Å²) in [6.07, 6.45) is 1.95. The molecule has 3 N–H and O–H groups in total. The van der Waals surface area contributed by atoms with E-state index in [4.69, 9.17) is 23.7 Å². The van der Waals surface area contributed by atoms with Crippen molar-refractivity contribution >= 4 is 23.4 Å². The molecule has 3 aromatic carbocycles. The van der Waals surface area contributed by atoms with Gasteiger partial charge in [-0.25, -0.2) is 0 Å². The Kier molecular flexibility index (Phi) is 12.0. The first kappa shape index (κ1) is 38.8. The third-order valence-corrected chi connectivity index (χ3v) is 10.4. The number of hydrogen-bond acceptors (Lipinski definition) is 10. The van der Waals surface area contributed by atoms with Gasteiger partial charge in [0.15, 0.2) is 23.0 Å². The second-order valence-corrected chi connectivity index (χ2v) is 13.4. The number of benzene rings is 2. The number of anilines is 1. The van der Waals surface area contributed by atoms with Crippen LogP contribution in [0.2, 0.25) is 0 Å². The van der Waals surface area contributed by atoms with Gasteiger partial charge in [-0.15, -0.1) is 0 Å². The standard InChI is InChI=1S/C40H50N4O9/c1-10-21(2)36(40(48)44-20-25-18-33(50-6)32(49-5)17-24(25)15-30(44)39(47)41-4)43-29-14-12-26-27(19-31(29)46)28(42-22(3)45)13-11-23-16-34(51-7)37(52-8)38(53-9)35(23)26/h12,14,16-19,21,28,30,36H,10-11,13,15,20H2,1-9H3,(H,41,47)(H,42,45)(H,43,46). The first-order valence-corrected chi connectivity index (χ1v) is 17.7. The molecule has 1 heterocycles. The fraction of sp³-hybridized carbons (Fsp3) is 0.450. The van der Waals surface area contributed by atoms with Gasteiger partial charge >= 0.3 is 0 Å². The Morgan fingerprint density at radius 3 is 2.09 bits per heavy atom. The van der Waals surface area contributed by atoms with Gasteiger partial charge in [-0.05, 0) is 76.9 Å². The summed E-state index contributed by atoms with van der Waals surface area (Å²) in [5.41, 5.74) is 4.43. The van der Waals surface area contributed by atoms with Crippen molar-refractivity contribution in [3.05, 3.63) is 68.9 Å². The quantitative estimate of drug-likeness (QED) is 0.244. The zero-order valence-electron chi connectivity index (χ0n) is 31.9. The highest BCUT2D eigenvalue weighted by molar-refractivity contribution is 5.92. The number of likely N-dealkylation sites (N-methyl/N-ethyl adjacent to an activating group) is 1. The molecule has 0 spiro atoms. The maximum Gasteiger partial charge on any atom is 0.246 e. The molecule has 3 aromatic rings. The molecule has 0 saturated heterocycles. The molecule has 2 aliphatic rings. The maximum atomic E-state index is 14.7. The van der Waals surface area contributed by atoms with Crippen LogP contribution in [0.15, 0.2) is 41.2 Å². The summed E-state index contributed by atoms with van der Waals surface area (Å²) < 4.78 is 28.3. The van der Waals surface area contributed by atoms with E-state index < -0.39 is 18.1 Å². The molecule has 13 nitrogen and oxygen atoms in total. The Morgan fingerprint density at radius 1 is 0.868 bits per heavy atom. The molecular weight excluding hydrogens is 680 g/mol. The molecule has 3 amide bonds. The Balaban J connectivity index is 1.63. The SMILES string of the molecule is CCC(C)C(Nc1ccc2c(cc1=O)C(NC(C)=O)CCc1cc(OC)c(OC)c(OC)c1-2)C(=O)N1Cc2cc(OC)c(OC)cc2CC1C(=O)NC. The fourth-order valence-electron chi connectivity index (χ4n) is 7.40. The molecule has 4 atom stereocenters. The van der Waals surface area contributed by atoms with E-state index >= 15 is 0 Å². The van der Waals surface area contributed by atoms with Crippen LogP contribution < -0.4 is 45.1 Å². The fourth-order valence-corrected chi connectivity index (χ4v) is 7.40. The van der Waals surface area contributed by atoms with Crippen molar-refractivity contribution in [1.82, 2.24) is 15.5 Å². The predicted octanol–water partition coefficient (Wildman–Crippen LogP) is 4.41. The minimum atomic E-state index is -0.860. The highest BCUT2D eigenvalue weighted by Crippen LogP contribution is 2.50. The van der Waals surface area contributed by atoms with Gasteiger partial charge < -0.3 is 44.5 Å². The van der Waals surface area contributed by atoms with Gasteiger partial charge in [0, 0.05) is 32.5 Å². The molecule has 0 aromatic heterocycles. The van der Waals surface area contributed by atoms with E-state index in [-0.39, 0.29) is 47.7 Å². The summed E-state index contributed by atoms with van der Waals surface area (Å²) in [6.45, 7) is 5.51. The van der Waals surface area contributed by atoms with Gasteiger partial charge in [0.1, 0.15) is 12.1 Å². The van der Waals surface area contributed by atoms with Crippen molar-refractivity contribution < 1.29 is 38.1 Å². The Morgan fingerprint density at radius 2 is 1.51 bits per heavy atom. The molecule has 0 bridgehead atoms. The van der Waals surface area contributed by atoms with Crippen LogP contribution in [0.1, 0.15) is 61.9 Å². The summed E-state index contributed by atoms with van der Waals surface area (Å²) in [4.78, 5) is 56.2. The van der Waals surface area contributed by atoms with Gasteiger partial charge in [-0.3, -0.25) is 19.2 Å². The molecule has 1 aliphatic carbocycles. The van der Waals surface area contributed by atoms with E-state index in [0.29, 0.717) is 59.1 Å². The first-order valence-electron chi connectivity index (χ1n) is 17.7. The van der Waals surface area contributed by atoms with Crippen molar-refractivity contribution in [3.8, 4) is 39.9 Å². The molecule has 4 unspecified atom stereocenters. The van der Waals surface area contributed by atoms with Crippen molar-refractivity contribution in [2.24, 2.45) is 5.92 Å². The lowest BCUT2D eigenvalue weighted by Crippen LogP contribution is -2.56. The van der Waals surface area contributed by atoms with Crippen LogP contribution in [0.25, 0.3) is 11.1 Å². The number of rotatable bonds is 12. The second kappa shape index (κ2) is 16.5. The Bertz CT molecular complexity index is 1950. The Labute approximate surface area is 310 Å². The summed E-state index contributed by atoms with van der Waals surface area (Å²) >= 11 is 0. The smallest absolute Gasteiger partial charge is 0.246 e. The van der Waals surface area contributed by atoms with E-state index in [1.165, 1.54) is 20.1 Å². The summed E-state index contributed by atoms with van der Waals surface area (Å²) in [5.74, 6) is 1.31. The first-order chi connectivity index (χ1) is 25.4. The van der Waals surface area contributed by atoms with Gasteiger partial charge in [-0.1, -0.05) is 26.3 Å². The summed E-state index contributed by atoms with van der Waals surface area (Å²) in [6, 6.07) is 8.43. The van der Waals surface area contributed by atoms with Crippen LogP contribution in [-0.4, -0.2) is 77.3 Å². The largest absolute Gasteiger partial charge is 0.493 e. The van der Waals surface area contributed by atoms with Crippen LogP contribution in [0, 0.1) is 5.92 Å². The summed E-state index contributed by atoms with van der Waals surface area (Å²) in [5, 5.41) is 9.04. The molecule has 53 heavy (non-hydrogen) atoms. The molecule has 0 saturated carbocycles. The molecule has 0 fully saturated rings. The number of fused-ring (bicyclic) bond motifs is 4. The van der Waals surface area contributed by atoms with Gasteiger partial charge in [0.2, 0.25) is 28.9 Å². The number of hydrogen-bond donors (Lipinski definition) is 3. The highest BCUT2D eigenvalue weighted by Gasteiger charge is 2.39. The molecule has 284 valence electrons. The van der Waals surface area contributed by atoms with Crippen LogP contribution in [0.3, 0.4) is 0 Å². The number of methoxy groups -OCH3 is 5. The van der Waals surface area contributed by atoms with Crippen molar-refractivity contribution in [2.75, 3.05) is 47.9 Å². The third kappa shape index (κ3) is 7.56. The zero-order valence-corrected chi connectivity index (χ0v) is 31.9. The predicted molar refractivity (Wildman–Crippen MR) is 201 cm³/mol. The van der Waals surface area contributed by atoms with E-state index in [0.717, 1.165) is 22.3 Å². The lowest BCUT2D eigenvalue weighted by molar-refractivity contribution is -0.143. The number of aryl methyl sites for hydroxylation is 1. The number of amides is 3. The van der Waals surface area contributed by atoms with Gasteiger partial charge in [-0.2, -0.15) is 0 Å². The number of ether oxygens (including phenoxy) is 5. The summed E-state index contributed by atoms with van der Waals surface area (Å²) in [7, 11) is 9.27. The third-order valence-electron chi connectivity index (χ3n) is 10.4. The monoisotopic (exact) mass is 730 g/mol.